The van der Waals surface area contributed by atoms with E-state index in [4.69, 9.17) is 5.26 Å². The van der Waals surface area contributed by atoms with Crippen LogP contribution in [0.2, 0.25) is 0 Å². The molecule has 0 bridgehead atoms. The maximum absolute atomic E-state index is 13.4. The Morgan fingerprint density at radius 3 is 2.68 bits per heavy atom. The number of alkyl halides is 3. The molecule has 1 aromatic carbocycles. The summed E-state index contributed by atoms with van der Waals surface area (Å²) in [5, 5.41) is 23.7. The largest absolute Gasteiger partial charge is 0.417 e. The van der Waals surface area contributed by atoms with E-state index in [9.17, 15) is 23.1 Å². The number of halogens is 3. The van der Waals surface area contributed by atoms with Gasteiger partial charge in [-0.2, -0.15) is 23.5 Å². The number of rotatable bonds is 5. The number of aromatic nitrogens is 2. The molecule has 0 radical (unpaired) electrons. The topological polar surface area (TPSA) is 85.4 Å². The molecule has 2 aromatic rings. The summed E-state index contributed by atoms with van der Waals surface area (Å²) >= 11 is 0. The zero-order valence-electron chi connectivity index (χ0n) is 19.3. The van der Waals surface area contributed by atoms with Crippen LogP contribution in [-0.4, -0.2) is 58.5 Å². The molecule has 0 spiro atoms. The SMILES string of the molecule is Cc1cc(C)n(CCC(=O)N2C[C@H]3CN(c4ccc(C#N)c(C(F)(F)F)c4)CC[C@@]3(CO)C2)n1. The van der Waals surface area contributed by atoms with Crippen molar-refractivity contribution in [3.63, 3.8) is 0 Å². The highest BCUT2D eigenvalue weighted by Crippen LogP contribution is 2.44. The van der Waals surface area contributed by atoms with Crippen molar-refractivity contribution in [3.8, 4) is 6.07 Å². The van der Waals surface area contributed by atoms with Crippen molar-refractivity contribution in [1.82, 2.24) is 14.7 Å². The van der Waals surface area contributed by atoms with Crippen LogP contribution in [0.1, 0.15) is 35.4 Å². The van der Waals surface area contributed by atoms with Crippen LogP contribution < -0.4 is 4.90 Å². The maximum atomic E-state index is 13.4. The lowest BCUT2D eigenvalue weighted by Gasteiger charge is -2.43. The average molecular weight is 476 g/mol. The van der Waals surface area contributed by atoms with Crippen molar-refractivity contribution in [2.24, 2.45) is 11.3 Å². The highest BCUT2D eigenvalue weighted by molar-refractivity contribution is 5.76. The van der Waals surface area contributed by atoms with Crippen LogP contribution in [0.5, 0.6) is 0 Å². The van der Waals surface area contributed by atoms with Crippen LogP contribution in [0.15, 0.2) is 24.3 Å². The summed E-state index contributed by atoms with van der Waals surface area (Å²) in [6.45, 7) is 6.04. The second-order valence-corrected chi connectivity index (χ2v) is 9.43. The monoisotopic (exact) mass is 475 g/mol. The van der Waals surface area contributed by atoms with Gasteiger partial charge in [0.15, 0.2) is 0 Å². The van der Waals surface area contributed by atoms with Crippen LogP contribution in [0.4, 0.5) is 18.9 Å². The molecule has 1 N–H and O–H groups in total. The van der Waals surface area contributed by atoms with Crippen LogP contribution in [0, 0.1) is 36.5 Å². The van der Waals surface area contributed by atoms with Gasteiger partial charge in [0.25, 0.3) is 0 Å². The minimum atomic E-state index is -4.62. The van der Waals surface area contributed by atoms with Crippen molar-refractivity contribution in [1.29, 1.82) is 5.26 Å². The van der Waals surface area contributed by atoms with E-state index < -0.39 is 22.7 Å². The number of benzene rings is 1. The molecule has 2 saturated heterocycles. The van der Waals surface area contributed by atoms with Gasteiger partial charge in [-0.1, -0.05) is 0 Å². The number of anilines is 1. The van der Waals surface area contributed by atoms with Crippen molar-refractivity contribution in [2.45, 2.75) is 39.4 Å². The molecular formula is C24H28F3N5O2. The number of hydrogen-bond donors (Lipinski definition) is 1. The van der Waals surface area contributed by atoms with Gasteiger partial charge in [-0.25, -0.2) is 0 Å². The summed E-state index contributed by atoms with van der Waals surface area (Å²) in [5.41, 5.74) is 0.477. The van der Waals surface area contributed by atoms with Crippen molar-refractivity contribution in [3.05, 3.63) is 46.8 Å². The molecule has 2 atom stereocenters. The number of carbonyl (C=O) groups is 1. The predicted molar refractivity (Wildman–Crippen MR) is 119 cm³/mol. The lowest BCUT2D eigenvalue weighted by atomic mass is 9.73. The van der Waals surface area contributed by atoms with Crippen LogP contribution in [0.25, 0.3) is 0 Å². The predicted octanol–water partition coefficient (Wildman–Crippen LogP) is 3.13. The average Bonchev–Trinajstić information content (AvgIpc) is 3.35. The third-order valence-corrected chi connectivity index (χ3v) is 7.24. The molecule has 2 aliphatic rings. The number of aliphatic hydroxyl groups is 1. The molecule has 7 nitrogen and oxygen atoms in total. The first-order chi connectivity index (χ1) is 16.1. The van der Waals surface area contributed by atoms with E-state index in [-0.39, 0.29) is 18.4 Å². The van der Waals surface area contributed by atoms with Crippen molar-refractivity contribution >= 4 is 11.6 Å². The fraction of sp³-hybridized carbons (Fsp3) is 0.542. The minimum absolute atomic E-state index is 0.0148. The number of amides is 1. The van der Waals surface area contributed by atoms with E-state index in [1.54, 1.807) is 11.0 Å². The first kappa shape index (κ1) is 24.1. The van der Waals surface area contributed by atoms with Crippen molar-refractivity contribution in [2.75, 3.05) is 37.7 Å². The van der Waals surface area contributed by atoms with Gasteiger partial charge in [-0.15, -0.1) is 0 Å². The number of aliphatic hydroxyl groups excluding tert-OH is 1. The first-order valence-corrected chi connectivity index (χ1v) is 11.3. The van der Waals surface area contributed by atoms with Gasteiger partial charge in [0, 0.05) is 61.9 Å². The second-order valence-electron chi connectivity index (χ2n) is 9.43. The standard InChI is InChI=1S/C24H28F3N5O2/c1-16-9-17(2)32(29-16)7-5-22(34)31-13-19-12-30(8-6-23(19,14-31)15-33)20-4-3-18(11-28)21(10-20)24(25,26)27/h3-4,9-10,19,33H,5-8,12-15H2,1-2H3/t19-,23+/m1/s1. The Labute approximate surface area is 196 Å². The number of piperidine rings is 1. The fourth-order valence-corrected chi connectivity index (χ4v) is 5.29. The Morgan fingerprint density at radius 2 is 2.06 bits per heavy atom. The van der Waals surface area contributed by atoms with Gasteiger partial charge in [-0.3, -0.25) is 9.48 Å². The number of hydrogen-bond acceptors (Lipinski definition) is 5. The molecular weight excluding hydrogens is 447 g/mol. The molecule has 0 saturated carbocycles. The fourth-order valence-electron chi connectivity index (χ4n) is 5.29. The Kier molecular flexibility index (Phi) is 6.34. The molecule has 182 valence electrons. The second kappa shape index (κ2) is 8.95. The summed E-state index contributed by atoms with van der Waals surface area (Å²) in [6.07, 6.45) is -3.75. The van der Waals surface area contributed by atoms with Crippen LogP contribution in [-0.2, 0) is 17.5 Å². The summed E-state index contributed by atoms with van der Waals surface area (Å²) in [7, 11) is 0. The first-order valence-electron chi connectivity index (χ1n) is 11.3. The zero-order chi connectivity index (χ0) is 24.7. The number of nitrogens with zero attached hydrogens (tertiary/aromatic N) is 5. The molecule has 0 aliphatic carbocycles. The van der Waals surface area contributed by atoms with Gasteiger partial charge in [-0.05, 0) is 44.5 Å². The van der Waals surface area contributed by atoms with E-state index >= 15 is 0 Å². The lowest BCUT2D eigenvalue weighted by molar-refractivity contribution is -0.137. The van der Waals surface area contributed by atoms with Gasteiger partial charge in [0.1, 0.15) is 0 Å². The molecule has 34 heavy (non-hydrogen) atoms. The molecule has 10 heteroatoms. The minimum Gasteiger partial charge on any atom is -0.396 e. The van der Waals surface area contributed by atoms with Gasteiger partial charge in [0.05, 0.1) is 29.5 Å². The highest BCUT2D eigenvalue weighted by Gasteiger charge is 2.50. The smallest absolute Gasteiger partial charge is 0.396 e. The number of likely N-dealkylation sites (tertiary alicyclic amines) is 1. The number of carbonyl (C=O) groups excluding carboxylic acids is 1. The molecule has 1 aromatic heterocycles. The third kappa shape index (κ3) is 4.49. The van der Waals surface area contributed by atoms with Crippen molar-refractivity contribution < 1.29 is 23.1 Å². The highest BCUT2D eigenvalue weighted by atomic mass is 19.4. The Hall–Kier alpha value is -3.06. The number of fused-ring (bicyclic) bond motifs is 1. The van der Waals surface area contributed by atoms with Gasteiger partial charge < -0.3 is 14.9 Å². The van der Waals surface area contributed by atoms with E-state index in [0.717, 1.165) is 17.5 Å². The Bertz CT molecular complexity index is 1120. The molecule has 2 aliphatic heterocycles. The molecule has 3 heterocycles. The quantitative estimate of drug-likeness (QED) is 0.718. The van der Waals surface area contributed by atoms with Gasteiger partial charge in [0.2, 0.25) is 5.91 Å². The third-order valence-electron chi connectivity index (χ3n) is 7.24. The van der Waals surface area contributed by atoms with E-state index in [1.807, 2.05) is 29.5 Å². The summed E-state index contributed by atoms with van der Waals surface area (Å²) in [4.78, 5) is 16.6. The Morgan fingerprint density at radius 1 is 1.29 bits per heavy atom. The lowest BCUT2D eigenvalue weighted by Crippen LogP contribution is -2.49. The van der Waals surface area contributed by atoms with Gasteiger partial charge >= 0.3 is 6.18 Å². The number of aryl methyl sites for hydroxylation is 3. The van der Waals surface area contributed by atoms with E-state index in [0.29, 0.717) is 51.3 Å². The molecule has 2 fully saturated rings. The van der Waals surface area contributed by atoms with E-state index in [2.05, 4.69) is 5.10 Å². The number of nitriles is 1. The maximum Gasteiger partial charge on any atom is 0.417 e. The summed E-state index contributed by atoms with van der Waals surface area (Å²) < 4.78 is 42.1. The molecule has 0 unspecified atom stereocenters. The molecule has 1 amide bonds. The van der Waals surface area contributed by atoms with Crippen LogP contribution in [0.3, 0.4) is 0 Å². The summed E-state index contributed by atoms with van der Waals surface area (Å²) in [6, 6.07) is 7.33. The normalized spacial score (nSPS) is 22.6. The summed E-state index contributed by atoms with van der Waals surface area (Å²) in [5.74, 6) is -0.0760. The van der Waals surface area contributed by atoms with E-state index in [1.165, 1.54) is 12.1 Å². The Balaban J connectivity index is 1.47. The zero-order valence-corrected chi connectivity index (χ0v) is 19.3. The molecule has 4 rings (SSSR count). The van der Waals surface area contributed by atoms with Crippen LogP contribution >= 0.6 is 0 Å².